The second-order valence-electron chi connectivity index (χ2n) is 4.66. The van der Waals surface area contributed by atoms with Crippen molar-refractivity contribution >= 4 is 17.3 Å². The van der Waals surface area contributed by atoms with Crippen LogP contribution in [0.3, 0.4) is 0 Å². The summed E-state index contributed by atoms with van der Waals surface area (Å²) in [6, 6.07) is 0.414. The molecule has 1 N–H and O–H groups in total. The highest BCUT2D eigenvalue weighted by Crippen LogP contribution is 2.30. The molecule has 0 saturated carbocycles. The average Bonchev–Trinajstić information content (AvgIpc) is 2.97. The molecule has 1 aromatic rings. The molecule has 0 spiro atoms. The molecule has 1 fully saturated rings. The van der Waals surface area contributed by atoms with Gasteiger partial charge in [-0.3, -0.25) is 14.7 Å². The summed E-state index contributed by atoms with van der Waals surface area (Å²) in [6.45, 7) is 4.29. The van der Waals surface area contributed by atoms with Crippen LogP contribution in [-0.2, 0) is 4.79 Å². The number of hydrogen-bond donors (Lipinski definition) is 1. The van der Waals surface area contributed by atoms with Crippen LogP contribution in [-0.4, -0.2) is 34.0 Å². The van der Waals surface area contributed by atoms with Crippen LogP contribution in [0.15, 0.2) is 11.7 Å². The molecular weight excluding hydrogens is 236 g/mol. The normalized spacial score (nSPS) is 22.8. The predicted molar refractivity (Wildman–Crippen MR) is 67.1 cm³/mol. The third-order valence-electron chi connectivity index (χ3n) is 3.49. The largest absolute Gasteiger partial charge is 0.481 e. The summed E-state index contributed by atoms with van der Waals surface area (Å²) in [6.07, 6.45) is 4.16. The van der Waals surface area contributed by atoms with Crippen molar-refractivity contribution in [1.29, 1.82) is 0 Å². The van der Waals surface area contributed by atoms with Crippen LogP contribution in [0.5, 0.6) is 0 Å². The molecule has 0 aromatic carbocycles. The van der Waals surface area contributed by atoms with Crippen molar-refractivity contribution in [2.45, 2.75) is 32.2 Å². The van der Waals surface area contributed by atoms with Crippen molar-refractivity contribution in [3.05, 3.63) is 16.6 Å². The first-order valence-electron chi connectivity index (χ1n) is 6.01. The van der Waals surface area contributed by atoms with E-state index in [4.69, 9.17) is 5.11 Å². The fourth-order valence-electron chi connectivity index (χ4n) is 2.39. The van der Waals surface area contributed by atoms with Gasteiger partial charge in [0.05, 0.1) is 5.51 Å². The van der Waals surface area contributed by atoms with E-state index in [9.17, 15) is 4.79 Å². The Labute approximate surface area is 105 Å². The molecule has 5 heteroatoms. The molecule has 0 radical (unpaired) electrons. The van der Waals surface area contributed by atoms with Crippen molar-refractivity contribution in [2.24, 2.45) is 5.92 Å². The monoisotopic (exact) mass is 254 g/mol. The van der Waals surface area contributed by atoms with Gasteiger partial charge in [-0.05, 0) is 32.2 Å². The number of carbonyl (C=O) groups is 1. The Morgan fingerprint density at radius 3 is 3.24 bits per heavy atom. The lowest BCUT2D eigenvalue weighted by atomic mass is 10.0. The average molecular weight is 254 g/mol. The Kier molecular flexibility index (Phi) is 4.12. The van der Waals surface area contributed by atoms with Crippen LogP contribution in [0.25, 0.3) is 0 Å². The fraction of sp³-hybridized carbons (Fsp3) is 0.667. The highest BCUT2D eigenvalue weighted by molar-refractivity contribution is 7.09. The molecule has 4 nitrogen and oxygen atoms in total. The first-order valence-corrected chi connectivity index (χ1v) is 6.89. The van der Waals surface area contributed by atoms with E-state index < -0.39 is 5.97 Å². The topological polar surface area (TPSA) is 53.4 Å². The highest BCUT2D eigenvalue weighted by Gasteiger charge is 2.27. The molecule has 17 heavy (non-hydrogen) atoms. The van der Waals surface area contributed by atoms with Gasteiger partial charge in [0.25, 0.3) is 0 Å². The second kappa shape index (κ2) is 5.60. The van der Waals surface area contributed by atoms with E-state index >= 15 is 0 Å². The van der Waals surface area contributed by atoms with Gasteiger partial charge in [-0.1, -0.05) is 0 Å². The minimum Gasteiger partial charge on any atom is -0.481 e. The number of rotatable bonds is 5. The summed E-state index contributed by atoms with van der Waals surface area (Å²) in [7, 11) is 0. The molecule has 1 saturated heterocycles. The van der Waals surface area contributed by atoms with Gasteiger partial charge in [0.1, 0.15) is 0 Å². The molecule has 2 atom stereocenters. The third kappa shape index (κ3) is 3.26. The lowest BCUT2D eigenvalue weighted by Gasteiger charge is -2.22. The molecule has 0 amide bonds. The molecule has 0 bridgehead atoms. The first kappa shape index (κ1) is 12.5. The number of nitrogens with zero attached hydrogens (tertiary/aromatic N) is 2. The van der Waals surface area contributed by atoms with Crippen molar-refractivity contribution in [3.63, 3.8) is 0 Å². The van der Waals surface area contributed by atoms with E-state index in [0.29, 0.717) is 18.4 Å². The highest BCUT2D eigenvalue weighted by atomic mass is 32.1. The molecule has 94 valence electrons. The summed E-state index contributed by atoms with van der Waals surface area (Å²) in [5.74, 6) is -0.138. The summed E-state index contributed by atoms with van der Waals surface area (Å²) < 4.78 is 0. The van der Waals surface area contributed by atoms with Crippen molar-refractivity contribution in [3.8, 4) is 0 Å². The number of aliphatic carboxylic acids is 1. The zero-order valence-electron chi connectivity index (χ0n) is 10.0. The minimum absolute atomic E-state index is 0.299. The number of thiazole rings is 1. The SMILES string of the molecule is CC(c1cncs1)N1CCC(CCC(=O)O)C1. The van der Waals surface area contributed by atoms with Gasteiger partial charge < -0.3 is 5.11 Å². The number of aromatic nitrogens is 1. The summed E-state index contributed by atoms with van der Waals surface area (Å²) >= 11 is 1.69. The Hall–Kier alpha value is -0.940. The molecule has 1 aliphatic heterocycles. The van der Waals surface area contributed by atoms with Gasteiger partial charge in [-0.15, -0.1) is 11.3 Å². The molecule has 2 rings (SSSR count). The zero-order valence-corrected chi connectivity index (χ0v) is 10.8. The van der Waals surface area contributed by atoms with Gasteiger partial charge in [-0.2, -0.15) is 0 Å². The molecule has 2 heterocycles. The summed E-state index contributed by atoms with van der Waals surface area (Å²) in [5.41, 5.74) is 1.86. The molecule has 0 aliphatic carbocycles. The van der Waals surface area contributed by atoms with Crippen molar-refractivity contribution in [1.82, 2.24) is 9.88 Å². The quantitative estimate of drug-likeness (QED) is 0.876. The van der Waals surface area contributed by atoms with Crippen LogP contribution in [0.4, 0.5) is 0 Å². The smallest absolute Gasteiger partial charge is 0.303 e. The van der Waals surface area contributed by atoms with E-state index in [-0.39, 0.29) is 0 Å². The van der Waals surface area contributed by atoms with Crippen LogP contribution in [0, 0.1) is 5.92 Å². The first-order chi connectivity index (χ1) is 8.16. The second-order valence-corrected chi connectivity index (χ2v) is 5.58. The zero-order chi connectivity index (χ0) is 12.3. The molecule has 1 aliphatic rings. The predicted octanol–water partition coefficient (Wildman–Crippen LogP) is 2.39. The number of carboxylic acids is 1. The summed E-state index contributed by atoms with van der Waals surface area (Å²) in [5, 5.41) is 8.68. The van der Waals surface area contributed by atoms with Gasteiger partial charge >= 0.3 is 5.97 Å². The van der Waals surface area contributed by atoms with E-state index in [1.165, 1.54) is 4.88 Å². The van der Waals surface area contributed by atoms with Crippen LogP contribution in [0.2, 0.25) is 0 Å². The number of carboxylic acid groups (broad SMARTS) is 1. The van der Waals surface area contributed by atoms with Crippen LogP contribution < -0.4 is 0 Å². The molecule has 2 unspecified atom stereocenters. The summed E-state index contributed by atoms with van der Waals surface area (Å²) in [4.78, 5) is 18.4. The maximum absolute atomic E-state index is 10.5. The van der Waals surface area contributed by atoms with E-state index in [1.54, 1.807) is 11.3 Å². The number of likely N-dealkylation sites (tertiary alicyclic amines) is 1. The Morgan fingerprint density at radius 2 is 2.59 bits per heavy atom. The van der Waals surface area contributed by atoms with Gasteiger partial charge in [0, 0.05) is 30.1 Å². The minimum atomic E-state index is -0.682. The lowest BCUT2D eigenvalue weighted by Crippen LogP contribution is -2.24. The molecule has 1 aromatic heterocycles. The van der Waals surface area contributed by atoms with E-state index in [2.05, 4.69) is 16.8 Å². The van der Waals surface area contributed by atoms with E-state index in [0.717, 1.165) is 25.9 Å². The maximum atomic E-state index is 10.5. The van der Waals surface area contributed by atoms with Gasteiger partial charge in [0.2, 0.25) is 0 Å². The fourth-order valence-corrected chi connectivity index (χ4v) is 3.10. The Morgan fingerprint density at radius 1 is 1.76 bits per heavy atom. The maximum Gasteiger partial charge on any atom is 0.303 e. The van der Waals surface area contributed by atoms with Crippen molar-refractivity contribution < 1.29 is 9.90 Å². The van der Waals surface area contributed by atoms with Gasteiger partial charge in [-0.25, -0.2) is 0 Å². The lowest BCUT2D eigenvalue weighted by molar-refractivity contribution is -0.137. The standard InChI is InChI=1S/C12H18N2O2S/c1-9(11-6-13-8-17-11)14-5-4-10(7-14)2-3-12(15)16/h6,8-10H,2-5,7H2,1H3,(H,15,16). The van der Waals surface area contributed by atoms with Crippen LogP contribution in [0.1, 0.15) is 37.1 Å². The third-order valence-corrected chi connectivity index (χ3v) is 4.44. The van der Waals surface area contributed by atoms with Gasteiger partial charge in [0.15, 0.2) is 0 Å². The van der Waals surface area contributed by atoms with Crippen LogP contribution >= 0.6 is 11.3 Å². The Balaban J connectivity index is 1.83. The van der Waals surface area contributed by atoms with E-state index in [1.807, 2.05) is 11.7 Å². The molecular formula is C12H18N2O2S. The Bertz CT molecular complexity index is 367. The van der Waals surface area contributed by atoms with Crippen molar-refractivity contribution in [2.75, 3.05) is 13.1 Å². The number of hydrogen-bond acceptors (Lipinski definition) is 4.